The monoisotopic (exact) mass is 310 g/mol. The molecule has 0 amide bonds. The Kier molecular flexibility index (Phi) is 5.28. The molecule has 5 nitrogen and oxygen atoms in total. The number of halogens is 3. The molecule has 1 fully saturated rings. The molecule has 0 unspecified atom stereocenters. The van der Waals surface area contributed by atoms with Crippen LogP contribution in [0.2, 0.25) is 0 Å². The summed E-state index contributed by atoms with van der Waals surface area (Å²) in [5.74, 6) is 1.41. The van der Waals surface area contributed by atoms with Gasteiger partial charge in [-0.3, -0.25) is 0 Å². The summed E-state index contributed by atoms with van der Waals surface area (Å²) in [4.78, 5) is 0. The van der Waals surface area contributed by atoms with Crippen molar-refractivity contribution in [1.29, 1.82) is 0 Å². The van der Waals surface area contributed by atoms with Crippen LogP contribution in [0.3, 0.4) is 0 Å². The SMILES string of the molecule is NCc1nnc(SCCCOCC(F)(F)F)n1C1CC1. The highest BCUT2D eigenvalue weighted by Crippen LogP contribution is 2.38. The second kappa shape index (κ2) is 6.77. The molecule has 1 aliphatic carbocycles. The molecule has 1 aromatic rings. The Bertz CT molecular complexity index is 434. The Balaban J connectivity index is 1.71. The van der Waals surface area contributed by atoms with Gasteiger partial charge in [0.2, 0.25) is 0 Å². The number of thioether (sulfide) groups is 1. The van der Waals surface area contributed by atoms with Crippen LogP contribution in [-0.4, -0.2) is 39.9 Å². The molecule has 0 aromatic carbocycles. The third-order valence-corrected chi connectivity index (χ3v) is 3.79. The summed E-state index contributed by atoms with van der Waals surface area (Å²) in [7, 11) is 0. The van der Waals surface area contributed by atoms with E-state index in [1.807, 2.05) is 4.57 Å². The van der Waals surface area contributed by atoms with Gasteiger partial charge in [0.1, 0.15) is 12.4 Å². The number of rotatable bonds is 8. The molecule has 0 radical (unpaired) electrons. The summed E-state index contributed by atoms with van der Waals surface area (Å²) in [5.41, 5.74) is 5.61. The zero-order valence-corrected chi connectivity index (χ0v) is 11.7. The number of ether oxygens (including phenoxy) is 1. The Morgan fingerprint density at radius 3 is 2.70 bits per heavy atom. The smallest absolute Gasteiger partial charge is 0.372 e. The number of alkyl halides is 3. The molecule has 20 heavy (non-hydrogen) atoms. The minimum Gasteiger partial charge on any atom is -0.372 e. The maximum atomic E-state index is 11.9. The highest BCUT2D eigenvalue weighted by Gasteiger charge is 2.29. The lowest BCUT2D eigenvalue weighted by molar-refractivity contribution is -0.173. The molecule has 2 rings (SSSR count). The van der Waals surface area contributed by atoms with Crippen LogP contribution in [0.5, 0.6) is 0 Å². The van der Waals surface area contributed by atoms with Crippen molar-refractivity contribution in [2.24, 2.45) is 5.73 Å². The predicted molar refractivity (Wildman–Crippen MR) is 68.4 cm³/mol. The molecule has 1 saturated carbocycles. The van der Waals surface area contributed by atoms with Gasteiger partial charge in [0.25, 0.3) is 0 Å². The third-order valence-electron chi connectivity index (χ3n) is 2.76. The molecule has 0 saturated heterocycles. The van der Waals surface area contributed by atoms with Crippen molar-refractivity contribution in [3.05, 3.63) is 5.82 Å². The molecular formula is C11H17F3N4OS. The Labute approximate surface area is 119 Å². The molecular weight excluding hydrogens is 293 g/mol. The van der Waals surface area contributed by atoms with Gasteiger partial charge < -0.3 is 15.0 Å². The first-order chi connectivity index (χ1) is 9.51. The van der Waals surface area contributed by atoms with Crippen LogP contribution in [-0.2, 0) is 11.3 Å². The lowest BCUT2D eigenvalue weighted by Gasteiger charge is -2.08. The third kappa shape index (κ3) is 4.64. The second-order valence-corrected chi connectivity index (χ2v) is 5.64. The number of aromatic nitrogens is 3. The fraction of sp³-hybridized carbons (Fsp3) is 0.818. The summed E-state index contributed by atoms with van der Waals surface area (Å²) in [6, 6.07) is 0.438. The fourth-order valence-corrected chi connectivity index (χ4v) is 2.69. The number of hydrogen-bond acceptors (Lipinski definition) is 5. The van der Waals surface area contributed by atoms with Crippen LogP contribution in [0.25, 0.3) is 0 Å². The van der Waals surface area contributed by atoms with Gasteiger partial charge >= 0.3 is 6.18 Å². The van der Waals surface area contributed by atoms with Gasteiger partial charge in [-0.2, -0.15) is 13.2 Å². The van der Waals surface area contributed by atoms with E-state index in [1.165, 1.54) is 11.8 Å². The lowest BCUT2D eigenvalue weighted by Crippen LogP contribution is -2.17. The van der Waals surface area contributed by atoms with Gasteiger partial charge in [0.05, 0.1) is 6.54 Å². The van der Waals surface area contributed by atoms with Crippen molar-refractivity contribution < 1.29 is 17.9 Å². The van der Waals surface area contributed by atoms with E-state index in [0.717, 1.165) is 23.8 Å². The first-order valence-corrected chi connectivity index (χ1v) is 7.41. The molecule has 0 spiro atoms. The second-order valence-electron chi connectivity index (χ2n) is 4.57. The zero-order valence-electron chi connectivity index (χ0n) is 10.9. The van der Waals surface area contributed by atoms with E-state index in [9.17, 15) is 13.2 Å². The molecule has 0 aliphatic heterocycles. The quantitative estimate of drug-likeness (QED) is 0.588. The van der Waals surface area contributed by atoms with Crippen LogP contribution >= 0.6 is 11.8 Å². The molecule has 2 N–H and O–H groups in total. The average Bonchev–Trinajstić information content (AvgIpc) is 3.13. The van der Waals surface area contributed by atoms with Gasteiger partial charge in [0.15, 0.2) is 5.16 Å². The van der Waals surface area contributed by atoms with E-state index >= 15 is 0 Å². The summed E-state index contributed by atoms with van der Waals surface area (Å²) in [6.45, 7) is -0.750. The fourth-order valence-electron chi connectivity index (χ4n) is 1.76. The van der Waals surface area contributed by atoms with Gasteiger partial charge in [0, 0.05) is 18.4 Å². The normalized spacial score (nSPS) is 15.8. The van der Waals surface area contributed by atoms with Gasteiger partial charge in [-0.1, -0.05) is 11.8 Å². The van der Waals surface area contributed by atoms with Gasteiger partial charge in [-0.05, 0) is 19.3 Å². The highest BCUT2D eigenvalue weighted by molar-refractivity contribution is 7.99. The standard InChI is InChI=1S/C11H17F3N4OS/c12-11(13,14)7-19-4-1-5-20-10-17-16-9(6-15)18(10)8-2-3-8/h8H,1-7,15H2. The van der Waals surface area contributed by atoms with E-state index in [4.69, 9.17) is 5.73 Å². The molecule has 1 heterocycles. The molecule has 9 heteroatoms. The minimum atomic E-state index is -4.25. The molecule has 0 atom stereocenters. The maximum absolute atomic E-state index is 11.9. The van der Waals surface area contributed by atoms with Crippen LogP contribution < -0.4 is 5.73 Å². The van der Waals surface area contributed by atoms with Gasteiger partial charge in [-0.15, -0.1) is 10.2 Å². The molecule has 1 aliphatic rings. The molecule has 1 aromatic heterocycles. The molecule has 0 bridgehead atoms. The minimum absolute atomic E-state index is 0.0911. The number of hydrogen-bond donors (Lipinski definition) is 1. The van der Waals surface area contributed by atoms with Crippen molar-refractivity contribution in [2.45, 2.75) is 43.2 Å². The van der Waals surface area contributed by atoms with Crippen molar-refractivity contribution in [3.63, 3.8) is 0 Å². The Hall–Kier alpha value is -0.800. The van der Waals surface area contributed by atoms with E-state index in [-0.39, 0.29) is 6.61 Å². The topological polar surface area (TPSA) is 66.0 Å². The van der Waals surface area contributed by atoms with E-state index in [1.54, 1.807) is 0 Å². The maximum Gasteiger partial charge on any atom is 0.411 e. The Morgan fingerprint density at radius 1 is 1.35 bits per heavy atom. The van der Waals surface area contributed by atoms with E-state index in [0.29, 0.717) is 24.8 Å². The summed E-state index contributed by atoms with van der Waals surface area (Å²) < 4.78 is 42.2. The largest absolute Gasteiger partial charge is 0.411 e. The number of nitrogens with zero attached hydrogens (tertiary/aromatic N) is 3. The zero-order chi connectivity index (χ0) is 14.6. The molecule has 114 valence electrons. The highest BCUT2D eigenvalue weighted by atomic mass is 32.2. The average molecular weight is 310 g/mol. The van der Waals surface area contributed by atoms with Crippen molar-refractivity contribution in [1.82, 2.24) is 14.8 Å². The van der Waals surface area contributed by atoms with Crippen LogP contribution in [0, 0.1) is 0 Å². The van der Waals surface area contributed by atoms with E-state index < -0.39 is 12.8 Å². The lowest BCUT2D eigenvalue weighted by atomic mass is 10.5. The van der Waals surface area contributed by atoms with Gasteiger partial charge in [-0.25, -0.2) is 0 Å². The predicted octanol–water partition coefficient (Wildman–Crippen LogP) is 2.13. The number of nitrogens with two attached hydrogens (primary N) is 1. The summed E-state index contributed by atoms with van der Waals surface area (Å²) >= 11 is 1.48. The summed E-state index contributed by atoms with van der Waals surface area (Å²) in [5, 5.41) is 8.91. The van der Waals surface area contributed by atoms with Crippen LogP contribution in [0.1, 0.15) is 31.1 Å². The van der Waals surface area contributed by atoms with Crippen LogP contribution in [0.15, 0.2) is 5.16 Å². The van der Waals surface area contributed by atoms with Crippen molar-refractivity contribution >= 4 is 11.8 Å². The van der Waals surface area contributed by atoms with E-state index in [2.05, 4.69) is 14.9 Å². The summed E-state index contributed by atoms with van der Waals surface area (Å²) in [6.07, 6.45) is -1.51. The van der Waals surface area contributed by atoms with Crippen LogP contribution in [0.4, 0.5) is 13.2 Å². The van der Waals surface area contributed by atoms with Crippen molar-refractivity contribution in [2.75, 3.05) is 19.0 Å². The Morgan fingerprint density at radius 2 is 2.10 bits per heavy atom. The first kappa shape index (κ1) is 15.6. The van der Waals surface area contributed by atoms with Crippen molar-refractivity contribution in [3.8, 4) is 0 Å². The first-order valence-electron chi connectivity index (χ1n) is 6.42.